The molecule has 1 amide bonds. The highest BCUT2D eigenvalue weighted by Gasteiger charge is 2.36. The number of alkyl halides is 3. The summed E-state index contributed by atoms with van der Waals surface area (Å²) in [6.45, 7) is 3.31. The Morgan fingerprint density at radius 2 is 1.85 bits per heavy atom. The summed E-state index contributed by atoms with van der Waals surface area (Å²) in [4.78, 5) is 28.0. The maximum absolute atomic E-state index is 15.2. The predicted molar refractivity (Wildman–Crippen MR) is 163 cm³/mol. The highest BCUT2D eigenvalue weighted by atomic mass is 35.5. The average molecular weight is 689 g/mol. The largest absolute Gasteiger partial charge is 0.483 e. The van der Waals surface area contributed by atoms with Crippen LogP contribution in [0.2, 0.25) is 5.02 Å². The van der Waals surface area contributed by atoms with Gasteiger partial charge in [-0.1, -0.05) is 43.6 Å². The molecule has 1 aliphatic carbocycles. The number of hydrogen-bond donors (Lipinski definition) is 5. The first kappa shape index (κ1) is 36.4. The minimum atomic E-state index is -4.50. The first-order valence-corrected chi connectivity index (χ1v) is 15.8. The number of sulfonamides is 1. The Kier molecular flexibility index (Phi) is 12.3. The van der Waals surface area contributed by atoms with Gasteiger partial charge >= 0.3 is 6.18 Å². The molecule has 0 unspecified atom stereocenters. The van der Waals surface area contributed by atoms with Crippen LogP contribution in [0.5, 0.6) is 0 Å². The van der Waals surface area contributed by atoms with Gasteiger partial charge in [0.05, 0.1) is 22.3 Å². The SMILES string of the molecule is CC(C)[C@H](N)C(=O)N[C@H]1C[C@@H](c2cccc(C(F)(F)F)c2)CC[C@@H]1Nc1cc(F)c(S(=O)(=O)Nc2ccncn2)cc1Cl.O=CO. The molecule has 4 atom stereocenters. The lowest BCUT2D eigenvalue weighted by Gasteiger charge is -2.38. The average Bonchev–Trinajstić information content (AvgIpc) is 2.99. The van der Waals surface area contributed by atoms with Gasteiger partial charge in [0.1, 0.15) is 22.9 Å². The third-order valence-corrected chi connectivity index (χ3v) is 9.04. The van der Waals surface area contributed by atoms with Crippen molar-refractivity contribution < 1.29 is 40.7 Å². The Morgan fingerprint density at radius 1 is 1.15 bits per heavy atom. The molecule has 1 aliphatic rings. The fourth-order valence-electron chi connectivity index (χ4n) is 4.94. The molecule has 1 heterocycles. The zero-order valence-electron chi connectivity index (χ0n) is 24.6. The Bertz CT molecular complexity index is 1620. The Hall–Kier alpha value is -4.02. The third kappa shape index (κ3) is 9.50. The van der Waals surface area contributed by atoms with E-state index in [9.17, 15) is 26.4 Å². The lowest BCUT2D eigenvalue weighted by molar-refractivity contribution is -0.137. The quantitative estimate of drug-likeness (QED) is 0.153. The van der Waals surface area contributed by atoms with Gasteiger partial charge in [-0.05, 0) is 60.9 Å². The normalized spacial score (nSPS) is 18.9. The molecule has 2 aromatic carbocycles. The molecule has 0 radical (unpaired) electrons. The van der Waals surface area contributed by atoms with Gasteiger partial charge in [0.15, 0.2) is 0 Å². The van der Waals surface area contributed by atoms with Crippen LogP contribution < -0.4 is 21.1 Å². The first-order chi connectivity index (χ1) is 21.6. The van der Waals surface area contributed by atoms with Crippen molar-refractivity contribution in [1.29, 1.82) is 0 Å². The zero-order valence-corrected chi connectivity index (χ0v) is 26.2. The smallest absolute Gasteiger partial charge is 0.416 e. The number of anilines is 2. The number of hydrogen-bond acceptors (Lipinski definition) is 8. The number of rotatable bonds is 9. The number of aromatic nitrogens is 2. The first-order valence-electron chi connectivity index (χ1n) is 13.9. The van der Waals surface area contributed by atoms with Crippen molar-refractivity contribution in [3.63, 3.8) is 0 Å². The van der Waals surface area contributed by atoms with Gasteiger partial charge in [0, 0.05) is 18.3 Å². The van der Waals surface area contributed by atoms with E-state index in [2.05, 4.69) is 25.3 Å². The summed E-state index contributed by atoms with van der Waals surface area (Å²) in [5.41, 5.74) is 5.84. The number of benzene rings is 2. The van der Waals surface area contributed by atoms with Crippen LogP contribution in [-0.2, 0) is 25.8 Å². The number of nitrogens with one attached hydrogen (secondary N) is 3. The van der Waals surface area contributed by atoms with E-state index in [1.54, 1.807) is 19.9 Å². The number of carbonyl (C=O) groups excluding carboxylic acids is 1. The molecule has 6 N–H and O–H groups in total. The van der Waals surface area contributed by atoms with E-state index in [1.165, 1.54) is 18.3 Å². The van der Waals surface area contributed by atoms with Crippen molar-refractivity contribution in [3.05, 3.63) is 77.0 Å². The van der Waals surface area contributed by atoms with Gasteiger partial charge in [-0.2, -0.15) is 13.2 Å². The van der Waals surface area contributed by atoms with E-state index in [1.807, 2.05) is 0 Å². The van der Waals surface area contributed by atoms with E-state index in [4.69, 9.17) is 27.2 Å². The molecule has 1 aromatic heterocycles. The molecule has 1 saturated carbocycles. The molecule has 17 heteroatoms. The summed E-state index contributed by atoms with van der Waals surface area (Å²) in [7, 11) is -4.39. The molecule has 3 aromatic rings. The fraction of sp³-hybridized carbons (Fsp3) is 0.379. The molecule has 1 fully saturated rings. The molecule has 0 spiro atoms. The number of carboxylic acid groups (broad SMARTS) is 1. The van der Waals surface area contributed by atoms with Crippen LogP contribution in [-0.4, -0.2) is 54.0 Å². The van der Waals surface area contributed by atoms with E-state index >= 15 is 4.39 Å². The van der Waals surface area contributed by atoms with Crippen molar-refractivity contribution >= 4 is 45.5 Å². The topological polar surface area (TPSA) is 176 Å². The summed E-state index contributed by atoms with van der Waals surface area (Å²) >= 11 is 6.40. The fourth-order valence-corrected chi connectivity index (χ4v) is 6.32. The minimum Gasteiger partial charge on any atom is -0.483 e. The lowest BCUT2D eigenvalue weighted by Crippen LogP contribution is -2.54. The number of halogens is 5. The van der Waals surface area contributed by atoms with Gasteiger partial charge in [-0.25, -0.2) is 22.8 Å². The van der Waals surface area contributed by atoms with E-state index in [0.717, 1.165) is 30.6 Å². The zero-order chi connectivity index (χ0) is 34.2. The van der Waals surface area contributed by atoms with Crippen molar-refractivity contribution in [1.82, 2.24) is 15.3 Å². The maximum Gasteiger partial charge on any atom is 0.416 e. The Morgan fingerprint density at radius 3 is 2.46 bits per heavy atom. The lowest BCUT2D eigenvalue weighted by atomic mass is 9.78. The molecule has 0 saturated heterocycles. The number of nitrogens with zero attached hydrogens (tertiary/aromatic N) is 2. The van der Waals surface area contributed by atoms with Crippen molar-refractivity contribution in [2.45, 2.75) is 68.2 Å². The monoisotopic (exact) mass is 688 g/mol. The highest BCUT2D eigenvalue weighted by molar-refractivity contribution is 7.92. The Labute approximate surface area is 268 Å². The molecule has 4 rings (SSSR count). The minimum absolute atomic E-state index is 0.0663. The summed E-state index contributed by atoms with van der Waals surface area (Å²) < 4.78 is 83.0. The van der Waals surface area contributed by atoms with Gasteiger partial charge < -0.3 is 21.5 Å². The molecule has 0 bridgehead atoms. The second-order valence-electron chi connectivity index (χ2n) is 10.8. The van der Waals surface area contributed by atoms with E-state index in [0.29, 0.717) is 18.4 Å². The molecular weight excluding hydrogens is 656 g/mol. The number of amides is 1. The maximum atomic E-state index is 15.2. The second-order valence-corrected chi connectivity index (χ2v) is 12.9. The van der Waals surface area contributed by atoms with Gasteiger partial charge in [0.25, 0.3) is 16.5 Å². The summed E-state index contributed by atoms with van der Waals surface area (Å²) in [5, 5.41) is 12.8. The third-order valence-electron chi connectivity index (χ3n) is 7.36. The summed E-state index contributed by atoms with van der Waals surface area (Å²) in [5.74, 6) is -2.08. The molecule has 11 nitrogen and oxygen atoms in total. The van der Waals surface area contributed by atoms with Crippen molar-refractivity contribution in [2.24, 2.45) is 11.7 Å². The second kappa shape index (κ2) is 15.5. The van der Waals surface area contributed by atoms with E-state index < -0.39 is 56.5 Å². The number of nitrogens with two attached hydrogens (primary N) is 1. The number of carbonyl (C=O) groups is 2. The van der Waals surface area contributed by atoms with Gasteiger partial charge in [0.2, 0.25) is 5.91 Å². The highest BCUT2D eigenvalue weighted by Crippen LogP contribution is 2.38. The van der Waals surface area contributed by atoms with Crippen LogP contribution in [0.4, 0.5) is 29.1 Å². The standard InChI is InChI=1S/C28H31ClF4N6O3S.CH2O2/c1-15(2)26(34)27(40)38-23-11-17(16-4-3-5-18(10-16)28(31,32)33)6-7-21(23)37-22-13-20(30)24(12-19(22)29)43(41,42)39-25-8-9-35-14-36-25;2-1-3/h3-5,8-10,12-15,17,21,23,26,37H,6-7,11,34H2,1-2H3,(H,38,40)(H,35,36,39);1H,(H,2,3)/t17-,21-,23-,26-;/m0./s1. The molecule has 46 heavy (non-hydrogen) atoms. The molecule has 0 aliphatic heterocycles. The van der Waals surface area contributed by atoms with Crippen LogP contribution in [0.25, 0.3) is 0 Å². The Balaban J connectivity index is 0.00000185. The summed E-state index contributed by atoms with van der Waals surface area (Å²) in [6, 6.07) is 6.30. The van der Waals surface area contributed by atoms with Crippen molar-refractivity contribution in [3.8, 4) is 0 Å². The van der Waals surface area contributed by atoms with E-state index in [-0.39, 0.29) is 41.3 Å². The van der Waals surface area contributed by atoms with Crippen LogP contribution >= 0.6 is 11.6 Å². The molecular formula is C29H33ClF4N6O5S. The van der Waals surface area contributed by atoms with Crippen LogP contribution in [0.1, 0.15) is 50.2 Å². The van der Waals surface area contributed by atoms with Crippen LogP contribution in [0, 0.1) is 11.7 Å². The van der Waals surface area contributed by atoms with Gasteiger partial charge in [-0.3, -0.25) is 14.3 Å². The van der Waals surface area contributed by atoms with Crippen molar-refractivity contribution in [2.75, 3.05) is 10.0 Å². The van der Waals surface area contributed by atoms with Crippen LogP contribution in [0.15, 0.2) is 59.9 Å². The predicted octanol–water partition coefficient (Wildman–Crippen LogP) is 5.01. The van der Waals surface area contributed by atoms with Gasteiger partial charge in [-0.15, -0.1) is 0 Å². The summed E-state index contributed by atoms with van der Waals surface area (Å²) in [6.07, 6.45) is -0.972. The molecule has 250 valence electrons. The van der Waals surface area contributed by atoms with Crippen LogP contribution in [0.3, 0.4) is 0 Å².